The van der Waals surface area contributed by atoms with Crippen LogP contribution in [0.3, 0.4) is 0 Å². The maximum atomic E-state index is 13.3. The molecule has 0 saturated heterocycles. The van der Waals surface area contributed by atoms with Crippen molar-refractivity contribution in [2.24, 2.45) is 0 Å². The Morgan fingerprint density at radius 2 is 1.84 bits per heavy atom. The van der Waals surface area contributed by atoms with Gasteiger partial charge in [0.1, 0.15) is 0 Å². The van der Waals surface area contributed by atoms with E-state index in [-0.39, 0.29) is 11.9 Å². The van der Waals surface area contributed by atoms with Crippen molar-refractivity contribution in [1.29, 1.82) is 0 Å². The van der Waals surface area contributed by atoms with E-state index < -0.39 is 0 Å². The van der Waals surface area contributed by atoms with Gasteiger partial charge in [0.15, 0.2) is 5.69 Å². The molecule has 0 aliphatic heterocycles. The second-order valence-corrected chi connectivity index (χ2v) is 9.94. The highest BCUT2D eigenvalue weighted by atomic mass is 127. The van der Waals surface area contributed by atoms with Crippen LogP contribution in [-0.2, 0) is 6.42 Å². The van der Waals surface area contributed by atoms with E-state index >= 15 is 0 Å². The summed E-state index contributed by atoms with van der Waals surface area (Å²) in [5.74, 6) is -0.112. The van der Waals surface area contributed by atoms with Gasteiger partial charge in [-0.15, -0.1) is 0 Å². The van der Waals surface area contributed by atoms with E-state index in [9.17, 15) is 4.79 Å². The lowest BCUT2D eigenvalue weighted by molar-refractivity contribution is 0.0921. The maximum absolute atomic E-state index is 13.3. The molecule has 1 N–H and O–H groups in total. The smallest absolute Gasteiger partial charge is 0.272 e. The Bertz CT molecular complexity index is 1090. The summed E-state index contributed by atoms with van der Waals surface area (Å²) in [4.78, 5) is 13.3. The van der Waals surface area contributed by atoms with Crippen molar-refractivity contribution >= 4 is 51.7 Å². The first-order valence-corrected chi connectivity index (χ1v) is 12.5. The largest absolute Gasteiger partial charge is 0.348 e. The SMILES string of the molecule is CCc1c(C(=O)NC2CCCCC2)nn(-c2ccc(Cl)cc2Cl)c1-c1ccc(I)cc1. The molecule has 0 spiro atoms. The fourth-order valence-corrected chi connectivity index (χ4v) is 5.05. The number of amides is 1. The van der Waals surface area contributed by atoms with Crippen molar-refractivity contribution in [3.8, 4) is 16.9 Å². The molecule has 0 unspecified atom stereocenters. The van der Waals surface area contributed by atoms with Crippen LogP contribution in [0.15, 0.2) is 42.5 Å². The van der Waals surface area contributed by atoms with E-state index in [0.717, 1.165) is 46.1 Å². The molecule has 1 heterocycles. The third-order valence-corrected chi connectivity index (χ3v) is 7.01. The third-order valence-electron chi connectivity index (χ3n) is 5.75. The molecule has 7 heteroatoms. The van der Waals surface area contributed by atoms with E-state index in [0.29, 0.717) is 27.8 Å². The molecule has 3 aromatic rings. The Morgan fingerprint density at radius 1 is 1.13 bits per heavy atom. The summed E-state index contributed by atoms with van der Waals surface area (Å²) in [7, 11) is 0. The summed E-state index contributed by atoms with van der Waals surface area (Å²) < 4.78 is 2.93. The average Bonchev–Trinajstić information content (AvgIpc) is 3.14. The van der Waals surface area contributed by atoms with Crippen LogP contribution in [0.1, 0.15) is 55.1 Å². The van der Waals surface area contributed by atoms with E-state index in [1.54, 1.807) is 16.8 Å². The molecular weight excluding hydrogens is 544 g/mol. The van der Waals surface area contributed by atoms with Crippen LogP contribution in [0.4, 0.5) is 0 Å². The number of aromatic nitrogens is 2. The molecule has 0 bridgehead atoms. The van der Waals surface area contributed by atoms with Crippen LogP contribution in [0.5, 0.6) is 0 Å². The highest BCUT2D eigenvalue weighted by Gasteiger charge is 2.26. The van der Waals surface area contributed by atoms with Crippen molar-refractivity contribution in [1.82, 2.24) is 15.1 Å². The van der Waals surface area contributed by atoms with Crippen LogP contribution in [0.2, 0.25) is 10.0 Å². The summed E-state index contributed by atoms with van der Waals surface area (Å²) in [6.45, 7) is 2.05. The van der Waals surface area contributed by atoms with E-state index in [4.69, 9.17) is 28.3 Å². The van der Waals surface area contributed by atoms with Gasteiger partial charge in [0.25, 0.3) is 5.91 Å². The van der Waals surface area contributed by atoms with E-state index in [1.807, 2.05) is 6.07 Å². The van der Waals surface area contributed by atoms with Crippen molar-refractivity contribution in [2.75, 3.05) is 0 Å². The van der Waals surface area contributed by atoms with Gasteiger partial charge in [-0.1, -0.05) is 61.5 Å². The molecular formula is C24H24Cl2IN3O. The lowest BCUT2D eigenvalue weighted by Gasteiger charge is -2.22. The van der Waals surface area contributed by atoms with Crippen LogP contribution in [-0.4, -0.2) is 21.7 Å². The zero-order valence-electron chi connectivity index (χ0n) is 17.3. The van der Waals surface area contributed by atoms with Crippen LogP contribution < -0.4 is 5.32 Å². The Labute approximate surface area is 206 Å². The number of carbonyl (C=O) groups excluding carboxylic acids is 1. The quantitative estimate of drug-likeness (QED) is 0.335. The lowest BCUT2D eigenvalue weighted by Crippen LogP contribution is -2.36. The van der Waals surface area contributed by atoms with Gasteiger partial charge < -0.3 is 5.32 Å². The highest BCUT2D eigenvalue weighted by molar-refractivity contribution is 14.1. The summed E-state index contributed by atoms with van der Waals surface area (Å²) in [6.07, 6.45) is 6.30. The molecule has 31 heavy (non-hydrogen) atoms. The van der Waals surface area contributed by atoms with Crippen molar-refractivity contribution in [3.63, 3.8) is 0 Å². The Kier molecular flexibility index (Phi) is 7.24. The summed E-state index contributed by atoms with van der Waals surface area (Å²) in [5, 5.41) is 9.04. The Morgan fingerprint density at radius 3 is 2.48 bits per heavy atom. The fraction of sp³-hybridized carbons (Fsp3) is 0.333. The Balaban J connectivity index is 1.84. The van der Waals surface area contributed by atoms with Crippen LogP contribution >= 0.6 is 45.8 Å². The average molecular weight is 568 g/mol. The van der Waals surface area contributed by atoms with E-state index in [1.165, 1.54) is 6.42 Å². The monoisotopic (exact) mass is 567 g/mol. The Hall–Kier alpha value is -1.57. The number of hydrogen-bond donors (Lipinski definition) is 1. The summed E-state index contributed by atoms with van der Waals surface area (Å²) in [6, 6.07) is 13.8. The summed E-state index contributed by atoms with van der Waals surface area (Å²) in [5.41, 5.74) is 3.96. The van der Waals surface area contributed by atoms with Gasteiger partial charge in [-0.3, -0.25) is 4.79 Å². The predicted molar refractivity (Wildman–Crippen MR) is 135 cm³/mol. The number of benzene rings is 2. The molecule has 4 rings (SSSR count). The zero-order valence-corrected chi connectivity index (χ0v) is 21.0. The number of nitrogens with one attached hydrogen (secondary N) is 1. The molecule has 0 radical (unpaired) electrons. The number of hydrogen-bond acceptors (Lipinski definition) is 2. The molecule has 1 aliphatic carbocycles. The molecule has 4 nitrogen and oxygen atoms in total. The number of rotatable bonds is 5. The van der Waals surface area contributed by atoms with Gasteiger partial charge in [0, 0.05) is 25.8 Å². The summed E-state index contributed by atoms with van der Waals surface area (Å²) >= 11 is 15.0. The molecule has 1 aromatic heterocycles. The van der Waals surface area contributed by atoms with E-state index in [2.05, 4.69) is 59.1 Å². The molecule has 0 atom stereocenters. The molecule has 1 amide bonds. The van der Waals surface area contributed by atoms with Gasteiger partial charge >= 0.3 is 0 Å². The topological polar surface area (TPSA) is 46.9 Å². The second-order valence-electron chi connectivity index (χ2n) is 7.85. The van der Waals surface area contributed by atoms with Crippen LogP contribution in [0, 0.1) is 3.57 Å². The molecule has 1 saturated carbocycles. The molecule has 1 aliphatic rings. The first-order chi connectivity index (χ1) is 15.0. The minimum atomic E-state index is -0.112. The molecule has 1 fully saturated rings. The number of nitrogens with zero attached hydrogens (tertiary/aromatic N) is 2. The maximum Gasteiger partial charge on any atom is 0.272 e. The zero-order chi connectivity index (χ0) is 22.0. The van der Waals surface area contributed by atoms with Crippen molar-refractivity contribution in [3.05, 3.63) is 67.3 Å². The van der Waals surface area contributed by atoms with Gasteiger partial charge in [-0.2, -0.15) is 5.10 Å². The molecule has 162 valence electrons. The van der Waals surface area contributed by atoms with Crippen LogP contribution in [0.25, 0.3) is 16.9 Å². The van der Waals surface area contributed by atoms with Gasteiger partial charge in [0.05, 0.1) is 16.4 Å². The second kappa shape index (κ2) is 9.92. The van der Waals surface area contributed by atoms with Crippen molar-refractivity contribution in [2.45, 2.75) is 51.5 Å². The third kappa shape index (κ3) is 4.94. The minimum absolute atomic E-state index is 0.112. The fourth-order valence-electron chi connectivity index (χ4n) is 4.20. The van der Waals surface area contributed by atoms with Gasteiger partial charge in [0.2, 0.25) is 0 Å². The van der Waals surface area contributed by atoms with Gasteiger partial charge in [-0.25, -0.2) is 4.68 Å². The molecule has 2 aromatic carbocycles. The van der Waals surface area contributed by atoms with Crippen molar-refractivity contribution < 1.29 is 4.79 Å². The van der Waals surface area contributed by atoms with Gasteiger partial charge in [-0.05, 0) is 72.2 Å². The minimum Gasteiger partial charge on any atom is -0.348 e. The first kappa shape index (κ1) is 22.6. The number of carbonyl (C=O) groups is 1. The standard InChI is InChI=1S/C24H24Cl2IN3O/c1-2-19-22(24(31)28-18-6-4-3-5-7-18)29-30(21-13-10-16(25)14-20(21)26)23(19)15-8-11-17(27)12-9-15/h8-14,18H,2-7H2,1H3,(H,28,31). The predicted octanol–water partition coefficient (Wildman–Crippen LogP) is 7.08. The highest BCUT2D eigenvalue weighted by Crippen LogP contribution is 2.34. The first-order valence-electron chi connectivity index (χ1n) is 10.6. The lowest BCUT2D eigenvalue weighted by atomic mass is 9.95. The number of halogens is 3. The normalized spacial score (nSPS) is 14.6.